The molecule has 6 nitrogen and oxygen atoms in total. The highest BCUT2D eigenvalue weighted by molar-refractivity contribution is 7.13. The second-order valence-electron chi connectivity index (χ2n) is 4.57. The summed E-state index contributed by atoms with van der Waals surface area (Å²) in [5.74, 6) is -0.116. The van der Waals surface area contributed by atoms with Crippen molar-refractivity contribution in [3.8, 4) is 0 Å². The molecule has 8 heteroatoms. The van der Waals surface area contributed by atoms with Crippen LogP contribution in [0.15, 0.2) is 48.1 Å². The van der Waals surface area contributed by atoms with Crippen LogP contribution in [0.25, 0.3) is 0 Å². The first-order valence-corrected chi connectivity index (χ1v) is 7.61. The van der Waals surface area contributed by atoms with E-state index in [-0.39, 0.29) is 18.1 Å². The predicted octanol–water partition coefficient (Wildman–Crippen LogP) is 3.00. The summed E-state index contributed by atoms with van der Waals surface area (Å²) in [6.07, 6.45) is 3.38. The smallest absolute Gasteiger partial charge is 0.230 e. The molecule has 0 saturated carbocycles. The second-order valence-corrected chi connectivity index (χ2v) is 5.43. The van der Waals surface area contributed by atoms with Crippen molar-refractivity contribution in [2.45, 2.75) is 6.42 Å². The van der Waals surface area contributed by atoms with E-state index in [0.29, 0.717) is 22.5 Å². The maximum absolute atomic E-state index is 12.8. The van der Waals surface area contributed by atoms with Crippen molar-refractivity contribution in [1.29, 1.82) is 0 Å². The van der Waals surface area contributed by atoms with Gasteiger partial charge in [-0.05, 0) is 30.3 Å². The number of rotatable bonds is 5. The Morgan fingerprint density at radius 3 is 2.65 bits per heavy atom. The van der Waals surface area contributed by atoms with Crippen molar-refractivity contribution < 1.29 is 9.18 Å². The molecule has 0 aliphatic heterocycles. The molecule has 0 fully saturated rings. The molecule has 0 aliphatic rings. The van der Waals surface area contributed by atoms with Crippen molar-refractivity contribution in [2.75, 3.05) is 10.6 Å². The lowest BCUT2D eigenvalue weighted by atomic mass is 10.3. The van der Waals surface area contributed by atoms with Gasteiger partial charge in [-0.25, -0.2) is 19.3 Å². The fourth-order valence-electron chi connectivity index (χ4n) is 1.81. The van der Waals surface area contributed by atoms with Crippen LogP contribution >= 0.6 is 11.3 Å². The van der Waals surface area contributed by atoms with E-state index >= 15 is 0 Å². The van der Waals surface area contributed by atoms with E-state index in [9.17, 15) is 9.18 Å². The van der Waals surface area contributed by atoms with Crippen LogP contribution in [0, 0.1) is 5.82 Å². The minimum absolute atomic E-state index is 0.130. The van der Waals surface area contributed by atoms with Crippen LogP contribution in [0.1, 0.15) is 5.69 Å². The number of nitrogens with one attached hydrogen (secondary N) is 2. The third-order valence-corrected chi connectivity index (χ3v) is 3.61. The third-order valence-electron chi connectivity index (χ3n) is 2.81. The van der Waals surface area contributed by atoms with Crippen molar-refractivity contribution in [3.63, 3.8) is 0 Å². The molecule has 1 aromatic carbocycles. The highest BCUT2D eigenvalue weighted by atomic mass is 32.1. The van der Waals surface area contributed by atoms with Gasteiger partial charge in [0.05, 0.1) is 12.1 Å². The molecule has 0 atom stereocenters. The fraction of sp³-hybridized carbons (Fsp3) is 0.0667. The van der Waals surface area contributed by atoms with Crippen LogP contribution < -0.4 is 10.6 Å². The van der Waals surface area contributed by atoms with Crippen LogP contribution in [0.5, 0.6) is 0 Å². The fourth-order valence-corrected chi connectivity index (χ4v) is 2.51. The molecular formula is C15H12FN5OS. The lowest BCUT2D eigenvalue weighted by molar-refractivity contribution is -0.115. The molecular weight excluding hydrogens is 317 g/mol. The van der Waals surface area contributed by atoms with E-state index in [0.717, 1.165) is 0 Å². The van der Waals surface area contributed by atoms with Crippen molar-refractivity contribution in [3.05, 3.63) is 59.6 Å². The summed E-state index contributed by atoms with van der Waals surface area (Å²) in [4.78, 5) is 24.3. The predicted molar refractivity (Wildman–Crippen MR) is 86.2 cm³/mol. The average molecular weight is 329 g/mol. The number of nitrogens with zero attached hydrogens (tertiary/aromatic N) is 3. The molecule has 0 spiro atoms. The van der Waals surface area contributed by atoms with Crippen molar-refractivity contribution >= 4 is 34.0 Å². The van der Waals surface area contributed by atoms with Crippen LogP contribution in [-0.4, -0.2) is 20.9 Å². The molecule has 0 bridgehead atoms. The molecule has 2 aromatic heterocycles. The topological polar surface area (TPSA) is 79.8 Å². The Kier molecular flexibility index (Phi) is 4.53. The summed E-state index contributed by atoms with van der Waals surface area (Å²) >= 11 is 1.36. The minimum Gasteiger partial charge on any atom is -0.326 e. The number of hydrogen-bond acceptors (Lipinski definition) is 6. The van der Waals surface area contributed by atoms with E-state index in [1.165, 1.54) is 35.6 Å². The van der Waals surface area contributed by atoms with Crippen LogP contribution in [-0.2, 0) is 11.2 Å². The molecule has 0 unspecified atom stereocenters. The van der Waals surface area contributed by atoms with Crippen LogP contribution in [0.2, 0.25) is 0 Å². The standard InChI is InChI=1S/C15H12FN5OS/c16-10-2-4-11(5-3-10)19-13(22)8-12-9-23-15(20-12)21-14-17-6-1-7-18-14/h1-7,9H,8H2,(H,19,22)(H,17,18,20,21). The number of carbonyl (C=O) groups excluding carboxylic acids is 1. The number of aromatic nitrogens is 3. The molecule has 2 N–H and O–H groups in total. The Balaban J connectivity index is 1.58. The van der Waals surface area contributed by atoms with Gasteiger partial charge in [0.25, 0.3) is 0 Å². The second kappa shape index (κ2) is 6.93. The Morgan fingerprint density at radius 1 is 1.17 bits per heavy atom. The van der Waals surface area contributed by atoms with Gasteiger partial charge < -0.3 is 10.6 Å². The summed E-state index contributed by atoms with van der Waals surface area (Å²) in [5, 5.41) is 8.05. The lowest BCUT2D eigenvalue weighted by Gasteiger charge is -2.03. The number of amides is 1. The summed E-state index contributed by atoms with van der Waals surface area (Å²) < 4.78 is 12.8. The van der Waals surface area contributed by atoms with Crippen molar-refractivity contribution in [2.24, 2.45) is 0 Å². The first-order chi connectivity index (χ1) is 11.2. The Hall–Kier alpha value is -2.87. The number of carbonyl (C=O) groups is 1. The van der Waals surface area contributed by atoms with Crippen LogP contribution in [0.4, 0.5) is 21.2 Å². The van der Waals surface area contributed by atoms with E-state index in [1.54, 1.807) is 23.8 Å². The van der Waals surface area contributed by atoms with Gasteiger partial charge in [0.1, 0.15) is 5.82 Å². The first-order valence-electron chi connectivity index (χ1n) is 6.73. The summed E-state index contributed by atoms with van der Waals surface area (Å²) in [7, 11) is 0. The molecule has 23 heavy (non-hydrogen) atoms. The highest BCUT2D eigenvalue weighted by Gasteiger charge is 2.09. The van der Waals surface area contributed by atoms with Gasteiger partial charge in [-0.2, -0.15) is 0 Å². The Bertz CT molecular complexity index is 791. The number of thiazole rings is 1. The monoisotopic (exact) mass is 329 g/mol. The van der Waals surface area contributed by atoms with E-state index in [1.807, 2.05) is 0 Å². The van der Waals surface area contributed by atoms with Gasteiger partial charge in [0, 0.05) is 23.5 Å². The van der Waals surface area contributed by atoms with E-state index < -0.39 is 0 Å². The van der Waals surface area contributed by atoms with E-state index in [4.69, 9.17) is 0 Å². The normalized spacial score (nSPS) is 10.3. The number of hydrogen-bond donors (Lipinski definition) is 2. The molecule has 3 rings (SSSR count). The molecule has 116 valence electrons. The highest BCUT2D eigenvalue weighted by Crippen LogP contribution is 2.19. The summed E-state index contributed by atoms with van der Waals surface area (Å²) in [5.41, 5.74) is 1.18. The zero-order valence-electron chi connectivity index (χ0n) is 11.9. The van der Waals surface area contributed by atoms with Gasteiger partial charge in [-0.1, -0.05) is 0 Å². The third kappa shape index (κ3) is 4.30. The molecule has 2 heterocycles. The maximum Gasteiger partial charge on any atom is 0.230 e. The van der Waals surface area contributed by atoms with Gasteiger partial charge >= 0.3 is 0 Å². The first kappa shape index (κ1) is 15.0. The van der Waals surface area contributed by atoms with Gasteiger partial charge in [0.2, 0.25) is 11.9 Å². The minimum atomic E-state index is -0.346. The Labute approximate surface area is 135 Å². The summed E-state index contributed by atoms with van der Waals surface area (Å²) in [6, 6.07) is 7.32. The largest absolute Gasteiger partial charge is 0.326 e. The number of benzene rings is 1. The van der Waals surface area contributed by atoms with Gasteiger partial charge in [-0.3, -0.25) is 4.79 Å². The molecule has 0 radical (unpaired) electrons. The SMILES string of the molecule is O=C(Cc1csc(Nc2ncccn2)n1)Nc1ccc(F)cc1. The molecule has 3 aromatic rings. The van der Waals surface area contributed by atoms with E-state index in [2.05, 4.69) is 25.6 Å². The lowest BCUT2D eigenvalue weighted by Crippen LogP contribution is -2.14. The average Bonchev–Trinajstić information content (AvgIpc) is 2.97. The molecule has 0 aliphatic carbocycles. The van der Waals surface area contributed by atoms with Crippen molar-refractivity contribution in [1.82, 2.24) is 15.0 Å². The molecule has 0 saturated heterocycles. The number of anilines is 3. The van der Waals surface area contributed by atoms with Gasteiger partial charge in [0.15, 0.2) is 5.13 Å². The quantitative estimate of drug-likeness (QED) is 0.752. The zero-order chi connectivity index (χ0) is 16.1. The maximum atomic E-state index is 12.8. The number of halogens is 1. The van der Waals surface area contributed by atoms with Crippen LogP contribution in [0.3, 0.4) is 0 Å². The Morgan fingerprint density at radius 2 is 1.91 bits per heavy atom. The summed E-state index contributed by atoms with van der Waals surface area (Å²) in [6.45, 7) is 0. The zero-order valence-corrected chi connectivity index (χ0v) is 12.7. The molecule has 1 amide bonds. The van der Waals surface area contributed by atoms with Gasteiger partial charge in [-0.15, -0.1) is 11.3 Å².